The molecular weight excluding hydrogens is 500 g/mol. The first-order chi connectivity index (χ1) is 15.7. The molecule has 0 saturated carbocycles. The van der Waals surface area contributed by atoms with Crippen LogP contribution >= 0.6 is 27.5 Å². The number of ether oxygens (including phenoxy) is 1. The Morgan fingerprint density at radius 3 is 2.36 bits per heavy atom. The minimum atomic E-state index is -0.193. The number of halogens is 2. The van der Waals surface area contributed by atoms with Gasteiger partial charge in [0.15, 0.2) is 0 Å². The Kier molecular flexibility index (Phi) is 6.46. The summed E-state index contributed by atoms with van der Waals surface area (Å²) >= 11 is 9.83. The van der Waals surface area contributed by atoms with Crippen LogP contribution in [0.2, 0.25) is 5.02 Å². The summed E-state index contributed by atoms with van der Waals surface area (Å²) in [5, 5.41) is 4.48. The van der Waals surface area contributed by atoms with E-state index in [1.807, 2.05) is 70.2 Å². The first kappa shape index (κ1) is 23.3. The Balaban J connectivity index is 1.92. The second-order valence-corrected chi connectivity index (χ2v) is 9.39. The van der Waals surface area contributed by atoms with Crippen molar-refractivity contribution in [3.05, 3.63) is 85.8 Å². The van der Waals surface area contributed by atoms with E-state index in [0.29, 0.717) is 16.3 Å². The molecule has 4 rings (SSSR count). The lowest BCUT2D eigenvalue weighted by Gasteiger charge is -2.18. The van der Waals surface area contributed by atoms with Gasteiger partial charge in [0.1, 0.15) is 5.75 Å². The molecule has 0 bridgehead atoms. The molecule has 4 aromatic rings. The van der Waals surface area contributed by atoms with Crippen molar-refractivity contribution in [2.24, 2.45) is 0 Å². The van der Waals surface area contributed by atoms with Crippen LogP contribution in [-0.2, 0) is 0 Å². The van der Waals surface area contributed by atoms with Crippen LogP contribution in [-0.4, -0.2) is 18.0 Å². The summed E-state index contributed by atoms with van der Waals surface area (Å²) in [6.07, 6.45) is 0. The van der Waals surface area contributed by atoms with E-state index < -0.39 is 0 Å². The molecule has 1 heterocycles. The van der Waals surface area contributed by atoms with Gasteiger partial charge in [-0.25, -0.2) is 4.98 Å². The molecule has 1 aromatic heterocycles. The summed E-state index contributed by atoms with van der Waals surface area (Å²) < 4.78 is 6.09. The molecule has 4 nitrogen and oxygen atoms in total. The monoisotopic (exact) mass is 522 g/mol. The minimum absolute atomic E-state index is 0.193. The molecule has 0 saturated heterocycles. The highest BCUT2D eigenvalue weighted by Gasteiger charge is 2.21. The molecule has 0 radical (unpaired) electrons. The zero-order valence-electron chi connectivity index (χ0n) is 19.1. The van der Waals surface area contributed by atoms with Crippen LogP contribution < -0.4 is 10.1 Å². The van der Waals surface area contributed by atoms with E-state index in [1.54, 1.807) is 7.11 Å². The second kappa shape index (κ2) is 9.16. The SMILES string of the molecule is COc1ccc(-c2nc3c(C)cc(C)cc3c(C(=O)Nc3ccc(Br)c(Cl)c3C)c2C)cc1. The predicted molar refractivity (Wildman–Crippen MR) is 140 cm³/mol. The zero-order valence-corrected chi connectivity index (χ0v) is 21.5. The van der Waals surface area contributed by atoms with Gasteiger partial charge in [0.25, 0.3) is 5.91 Å². The molecule has 6 heteroatoms. The number of nitrogens with zero attached hydrogens (tertiary/aromatic N) is 1. The number of hydrogen-bond donors (Lipinski definition) is 1. The summed E-state index contributed by atoms with van der Waals surface area (Å²) in [4.78, 5) is 18.7. The van der Waals surface area contributed by atoms with Crippen molar-refractivity contribution in [2.45, 2.75) is 27.7 Å². The Bertz CT molecular complexity index is 1400. The highest BCUT2D eigenvalue weighted by molar-refractivity contribution is 9.10. The lowest BCUT2D eigenvalue weighted by atomic mass is 9.94. The molecule has 0 fully saturated rings. The Morgan fingerprint density at radius 2 is 1.70 bits per heavy atom. The van der Waals surface area contributed by atoms with Crippen LogP contribution in [0.3, 0.4) is 0 Å². The van der Waals surface area contributed by atoms with Gasteiger partial charge < -0.3 is 10.1 Å². The molecule has 1 amide bonds. The van der Waals surface area contributed by atoms with Crippen molar-refractivity contribution in [2.75, 3.05) is 12.4 Å². The Morgan fingerprint density at radius 1 is 1.00 bits per heavy atom. The van der Waals surface area contributed by atoms with Gasteiger partial charge in [-0.2, -0.15) is 0 Å². The number of carbonyl (C=O) groups excluding carboxylic acids is 1. The molecule has 0 spiro atoms. The van der Waals surface area contributed by atoms with Crippen LogP contribution in [0.5, 0.6) is 5.75 Å². The van der Waals surface area contributed by atoms with E-state index in [0.717, 1.165) is 54.6 Å². The van der Waals surface area contributed by atoms with Gasteiger partial charge in [-0.1, -0.05) is 23.2 Å². The summed E-state index contributed by atoms with van der Waals surface area (Å²) in [5.41, 5.74) is 7.51. The number of aryl methyl sites for hydroxylation is 2. The summed E-state index contributed by atoms with van der Waals surface area (Å²) in [6, 6.07) is 15.5. The minimum Gasteiger partial charge on any atom is -0.497 e. The smallest absolute Gasteiger partial charge is 0.256 e. The molecule has 3 aromatic carbocycles. The van der Waals surface area contributed by atoms with Crippen LogP contribution in [0.25, 0.3) is 22.2 Å². The van der Waals surface area contributed by atoms with Crippen molar-refractivity contribution in [1.29, 1.82) is 0 Å². The largest absolute Gasteiger partial charge is 0.497 e. The van der Waals surface area contributed by atoms with Gasteiger partial charge in [-0.15, -0.1) is 0 Å². The predicted octanol–water partition coefficient (Wildman–Crippen LogP) is 7.81. The maximum atomic E-state index is 13.7. The maximum absolute atomic E-state index is 13.7. The fourth-order valence-electron chi connectivity index (χ4n) is 4.11. The molecule has 0 aliphatic carbocycles. The third-order valence-corrected chi connectivity index (χ3v) is 7.22. The first-order valence-electron chi connectivity index (χ1n) is 10.5. The van der Waals surface area contributed by atoms with Crippen molar-refractivity contribution in [1.82, 2.24) is 4.98 Å². The highest BCUT2D eigenvalue weighted by atomic mass is 79.9. The summed E-state index contributed by atoms with van der Waals surface area (Å²) in [6.45, 7) is 7.88. The number of rotatable bonds is 4. The summed E-state index contributed by atoms with van der Waals surface area (Å²) in [5.74, 6) is 0.575. The number of methoxy groups -OCH3 is 1. The topological polar surface area (TPSA) is 51.2 Å². The van der Waals surface area contributed by atoms with Gasteiger partial charge >= 0.3 is 0 Å². The maximum Gasteiger partial charge on any atom is 0.256 e. The first-order valence-corrected chi connectivity index (χ1v) is 11.7. The number of aromatic nitrogens is 1. The second-order valence-electron chi connectivity index (χ2n) is 8.15. The zero-order chi connectivity index (χ0) is 23.9. The average molecular weight is 524 g/mol. The van der Waals surface area contributed by atoms with E-state index in [1.165, 1.54) is 0 Å². The molecule has 1 N–H and O–H groups in total. The molecule has 0 aliphatic rings. The average Bonchev–Trinajstić information content (AvgIpc) is 2.79. The van der Waals surface area contributed by atoms with Crippen LogP contribution in [0.4, 0.5) is 5.69 Å². The van der Waals surface area contributed by atoms with E-state index in [2.05, 4.69) is 27.3 Å². The molecular formula is C27H24BrClN2O2. The van der Waals surface area contributed by atoms with Gasteiger partial charge in [-0.05, 0) is 103 Å². The fraction of sp³-hybridized carbons (Fsp3) is 0.185. The van der Waals surface area contributed by atoms with Gasteiger partial charge in [0.2, 0.25) is 0 Å². The van der Waals surface area contributed by atoms with Crippen LogP contribution in [0.1, 0.15) is 32.6 Å². The number of anilines is 1. The highest BCUT2D eigenvalue weighted by Crippen LogP contribution is 2.35. The van der Waals surface area contributed by atoms with Gasteiger partial charge in [-0.3, -0.25) is 4.79 Å². The quantitative estimate of drug-likeness (QED) is 0.297. The van der Waals surface area contributed by atoms with Crippen molar-refractivity contribution in [3.63, 3.8) is 0 Å². The standard InChI is InChI=1S/C27H24BrClN2O2/c1-14-12-15(2)25-20(13-14)23(27(32)30-22-11-10-21(28)24(29)16(22)3)17(4)26(31-25)18-6-8-19(33-5)9-7-18/h6-13H,1-5H3,(H,30,32). The number of amides is 1. The number of pyridine rings is 1. The molecule has 0 atom stereocenters. The van der Waals surface area contributed by atoms with E-state index >= 15 is 0 Å². The number of benzene rings is 3. The van der Waals surface area contributed by atoms with E-state index in [-0.39, 0.29) is 5.91 Å². The normalized spacial score (nSPS) is 11.0. The van der Waals surface area contributed by atoms with E-state index in [4.69, 9.17) is 21.3 Å². The van der Waals surface area contributed by atoms with Crippen LogP contribution in [0.15, 0.2) is 53.0 Å². The third-order valence-electron chi connectivity index (χ3n) is 5.85. The molecule has 0 unspecified atom stereocenters. The lowest BCUT2D eigenvalue weighted by molar-refractivity contribution is 0.102. The molecule has 0 aliphatic heterocycles. The number of carbonyl (C=O) groups is 1. The van der Waals surface area contributed by atoms with Crippen LogP contribution in [0, 0.1) is 27.7 Å². The molecule has 33 heavy (non-hydrogen) atoms. The fourth-order valence-corrected chi connectivity index (χ4v) is 4.70. The van der Waals surface area contributed by atoms with Crippen molar-refractivity contribution < 1.29 is 9.53 Å². The summed E-state index contributed by atoms with van der Waals surface area (Å²) in [7, 11) is 1.64. The van der Waals surface area contributed by atoms with Crippen molar-refractivity contribution in [3.8, 4) is 17.0 Å². The van der Waals surface area contributed by atoms with Crippen molar-refractivity contribution >= 4 is 50.0 Å². The van der Waals surface area contributed by atoms with E-state index in [9.17, 15) is 4.79 Å². The number of hydrogen-bond acceptors (Lipinski definition) is 3. The molecule has 168 valence electrons. The van der Waals surface area contributed by atoms with Gasteiger partial charge in [0, 0.05) is 21.1 Å². The lowest BCUT2D eigenvalue weighted by Crippen LogP contribution is -2.16. The Labute approximate surface area is 207 Å². The Hall–Kier alpha value is -2.89. The third kappa shape index (κ3) is 4.35. The number of nitrogens with one attached hydrogen (secondary N) is 1. The van der Waals surface area contributed by atoms with Gasteiger partial charge in [0.05, 0.1) is 28.9 Å². The number of fused-ring (bicyclic) bond motifs is 1.